The fourth-order valence-corrected chi connectivity index (χ4v) is 4.98. The van der Waals surface area contributed by atoms with Gasteiger partial charge in [-0.25, -0.2) is 19.7 Å². The molecule has 1 aliphatic rings. The van der Waals surface area contributed by atoms with E-state index >= 15 is 0 Å². The van der Waals surface area contributed by atoms with Crippen molar-refractivity contribution in [3.05, 3.63) is 71.9 Å². The number of nitrogens with one attached hydrogen (secondary N) is 2. The van der Waals surface area contributed by atoms with Crippen molar-refractivity contribution in [2.24, 2.45) is 0 Å². The van der Waals surface area contributed by atoms with Gasteiger partial charge in [0.25, 0.3) is 0 Å². The summed E-state index contributed by atoms with van der Waals surface area (Å²) in [5.41, 5.74) is 4.95. The molecule has 40 heavy (non-hydrogen) atoms. The Morgan fingerprint density at radius 1 is 1.12 bits per heavy atom. The lowest BCUT2D eigenvalue weighted by molar-refractivity contribution is 0.0695. The second-order valence-corrected chi connectivity index (χ2v) is 10.1. The highest BCUT2D eigenvalue weighted by atomic mass is 16.6. The third-order valence-corrected chi connectivity index (χ3v) is 7.18. The number of carbonyl (C=O) groups excluding carboxylic acids is 1. The van der Waals surface area contributed by atoms with Gasteiger partial charge >= 0.3 is 6.09 Å². The standard InChI is InChI=1S/C29H30N8O3/c1-17-13-31-28(33-21-10-9-18(2)37(15-21)29(38)39-16-20-7-5-4-6-8-20)35-25(17)23-14-30-26-22(23)11-12-24(34-26)27-32-19(3)40-36-27/h4-8,11-14,18,21H,9-10,15-16H2,1-3H3,(H,30,34)(H,31,33,35)/t18-,21-/m0/s1. The van der Waals surface area contributed by atoms with Crippen LogP contribution in [0, 0.1) is 13.8 Å². The van der Waals surface area contributed by atoms with E-state index in [0.29, 0.717) is 35.5 Å². The number of rotatable bonds is 6. The van der Waals surface area contributed by atoms with Gasteiger partial charge in [0.1, 0.15) is 17.9 Å². The molecule has 0 radical (unpaired) electrons. The Balaban J connectivity index is 1.17. The number of benzene rings is 1. The number of likely N-dealkylation sites (tertiary alicyclic amines) is 1. The van der Waals surface area contributed by atoms with Gasteiger partial charge in [0.05, 0.1) is 5.69 Å². The average Bonchev–Trinajstić information content (AvgIpc) is 3.60. The minimum Gasteiger partial charge on any atom is -0.445 e. The number of anilines is 1. The number of ether oxygens (including phenoxy) is 1. The highest BCUT2D eigenvalue weighted by molar-refractivity contribution is 5.94. The minimum absolute atomic E-state index is 0.00152. The number of H-pyrrole nitrogens is 1. The fourth-order valence-electron chi connectivity index (χ4n) is 4.98. The normalized spacial score (nSPS) is 17.2. The van der Waals surface area contributed by atoms with Crippen molar-refractivity contribution in [3.8, 4) is 22.8 Å². The molecule has 1 amide bonds. The summed E-state index contributed by atoms with van der Waals surface area (Å²) in [6.07, 6.45) is 5.15. The summed E-state index contributed by atoms with van der Waals surface area (Å²) >= 11 is 0. The second kappa shape index (κ2) is 10.8. The summed E-state index contributed by atoms with van der Waals surface area (Å²) in [5, 5.41) is 8.33. The molecule has 1 fully saturated rings. The summed E-state index contributed by atoms with van der Waals surface area (Å²) < 4.78 is 10.7. The number of carbonyl (C=O) groups is 1. The van der Waals surface area contributed by atoms with E-state index < -0.39 is 0 Å². The minimum atomic E-state index is -0.310. The Hall–Kier alpha value is -4.80. The van der Waals surface area contributed by atoms with E-state index in [9.17, 15) is 4.79 Å². The molecular formula is C29H30N8O3. The summed E-state index contributed by atoms with van der Waals surface area (Å²) in [4.78, 5) is 36.3. The molecule has 1 aromatic carbocycles. The Bertz CT molecular complexity index is 1650. The Labute approximate surface area is 231 Å². The largest absolute Gasteiger partial charge is 0.445 e. The topological polar surface area (TPSA) is 135 Å². The van der Waals surface area contributed by atoms with Crippen LogP contribution in [-0.4, -0.2) is 59.7 Å². The van der Waals surface area contributed by atoms with Gasteiger partial charge < -0.3 is 24.5 Å². The summed E-state index contributed by atoms with van der Waals surface area (Å²) in [6.45, 7) is 6.54. The number of aromatic nitrogens is 6. The van der Waals surface area contributed by atoms with Crippen LogP contribution in [-0.2, 0) is 11.3 Å². The Kier molecular flexibility index (Phi) is 6.85. The van der Waals surface area contributed by atoms with Crippen molar-refractivity contribution in [2.45, 2.75) is 52.3 Å². The van der Waals surface area contributed by atoms with E-state index in [1.165, 1.54) is 0 Å². The van der Waals surface area contributed by atoms with Crippen LogP contribution in [0.5, 0.6) is 0 Å². The number of pyridine rings is 1. The molecule has 2 N–H and O–H groups in total. The van der Waals surface area contributed by atoms with Gasteiger partial charge in [0, 0.05) is 48.9 Å². The van der Waals surface area contributed by atoms with Crippen LogP contribution in [0.1, 0.15) is 36.8 Å². The molecule has 204 valence electrons. The third kappa shape index (κ3) is 5.22. The number of hydrogen-bond donors (Lipinski definition) is 2. The van der Waals surface area contributed by atoms with Crippen LogP contribution in [0.4, 0.5) is 10.7 Å². The summed E-state index contributed by atoms with van der Waals surface area (Å²) in [7, 11) is 0. The maximum absolute atomic E-state index is 12.9. The van der Waals surface area contributed by atoms with Gasteiger partial charge in [-0.3, -0.25) is 0 Å². The van der Waals surface area contributed by atoms with E-state index in [0.717, 1.165) is 40.6 Å². The van der Waals surface area contributed by atoms with Crippen LogP contribution in [0.2, 0.25) is 0 Å². The molecule has 4 aromatic heterocycles. The maximum Gasteiger partial charge on any atom is 0.410 e. The number of amides is 1. The molecule has 1 aliphatic heterocycles. The Morgan fingerprint density at radius 3 is 2.77 bits per heavy atom. The molecule has 1 saturated heterocycles. The van der Waals surface area contributed by atoms with Crippen LogP contribution >= 0.6 is 0 Å². The van der Waals surface area contributed by atoms with Gasteiger partial charge in [-0.15, -0.1) is 0 Å². The van der Waals surface area contributed by atoms with Crippen LogP contribution in [0.3, 0.4) is 0 Å². The van der Waals surface area contributed by atoms with Crippen molar-refractivity contribution in [2.75, 3.05) is 11.9 Å². The van der Waals surface area contributed by atoms with E-state index in [4.69, 9.17) is 14.2 Å². The monoisotopic (exact) mass is 538 g/mol. The Morgan fingerprint density at radius 2 is 1.98 bits per heavy atom. The number of piperidine rings is 1. The molecule has 2 atom stereocenters. The molecule has 5 heterocycles. The first-order valence-electron chi connectivity index (χ1n) is 13.3. The molecule has 0 bridgehead atoms. The van der Waals surface area contributed by atoms with Gasteiger partial charge in [-0.2, -0.15) is 4.98 Å². The quantitative estimate of drug-likeness (QED) is 0.296. The third-order valence-electron chi connectivity index (χ3n) is 7.18. The SMILES string of the molecule is Cc1nc(-c2ccc3c(-c4nc(N[C@H]5CC[C@H](C)N(C(=O)OCc6ccccc6)C5)ncc4C)c[nH]c3n2)no1. The molecular weight excluding hydrogens is 508 g/mol. The van der Waals surface area contributed by atoms with E-state index in [1.54, 1.807) is 11.8 Å². The maximum atomic E-state index is 12.9. The van der Waals surface area contributed by atoms with Crippen molar-refractivity contribution < 1.29 is 14.1 Å². The molecule has 0 saturated carbocycles. The lowest BCUT2D eigenvalue weighted by Gasteiger charge is -2.37. The lowest BCUT2D eigenvalue weighted by atomic mass is 10.00. The summed E-state index contributed by atoms with van der Waals surface area (Å²) in [5.74, 6) is 1.44. The first-order valence-corrected chi connectivity index (χ1v) is 13.3. The number of aryl methyl sites for hydroxylation is 2. The smallest absolute Gasteiger partial charge is 0.410 e. The molecule has 11 heteroatoms. The van der Waals surface area contributed by atoms with Crippen molar-refractivity contribution in [1.29, 1.82) is 0 Å². The van der Waals surface area contributed by atoms with Gasteiger partial charge in [0.2, 0.25) is 17.7 Å². The first-order chi connectivity index (χ1) is 19.4. The van der Waals surface area contributed by atoms with Crippen LogP contribution in [0.15, 0.2) is 59.4 Å². The molecule has 0 aliphatic carbocycles. The number of fused-ring (bicyclic) bond motifs is 1. The van der Waals surface area contributed by atoms with Gasteiger partial charge in [-0.1, -0.05) is 35.5 Å². The average molecular weight is 539 g/mol. The highest BCUT2D eigenvalue weighted by Gasteiger charge is 2.30. The zero-order chi connectivity index (χ0) is 27.6. The van der Waals surface area contributed by atoms with E-state index in [-0.39, 0.29) is 24.8 Å². The predicted octanol–water partition coefficient (Wildman–Crippen LogP) is 5.29. The van der Waals surface area contributed by atoms with Crippen LogP contribution < -0.4 is 5.32 Å². The number of hydrogen-bond acceptors (Lipinski definition) is 9. The zero-order valence-corrected chi connectivity index (χ0v) is 22.6. The number of aromatic amines is 1. The summed E-state index contributed by atoms with van der Waals surface area (Å²) in [6, 6.07) is 13.6. The lowest BCUT2D eigenvalue weighted by Crippen LogP contribution is -2.50. The molecule has 0 unspecified atom stereocenters. The zero-order valence-electron chi connectivity index (χ0n) is 22.6. The van der Waals surface area contributed by atoms with Crippen molar-refractivity contribution in [1.82, 2.24) is 35.0 Å². The second-order valence-electron chi connectivity index (χ2n) is 10.1. The highest BCUT2D eigenvalue weighted by Crippen LogP contribution is 2.31. The molecule has 6 rings (SSSR count). The fraction of sp³-hybridized carbons (Fsp3) is 0.310. The van der Waals surface area contributed by atoms with Crippen LogP contribution in [0.25, 0.3) is 33.8 Å². The van der Waals surface area contributed by atoms with Crippen molar-refractivity contribution in [3.63, 3.8) is 0 Å². The predicted molar refractivity (Wildman–Crippen MR) is 149 cm³/mol. The van der Waals surface area contributed by atoms with Crippen molar-refractivity contribution >= 4 is 23.1 Å². The molecule has 11 nitrogen and oxygen atoms in total. The number of nitrogens with zero attached hydrogens (tertiary/aromatic N) is 6. The first kappa shape index (κ1) is 25.5. The van der Waals surface area contributed by atoms with E-state index in [2.05, 4.69) is 37.3 Å². The van der Waals surface area contributed by atoms with E-state index in [1.807, 2.05) is 61.8 Å². The molecule has 5 aromatic rings. The molecule has 0 spiro atoms. The van der Waals surface area contributed by atoms with Gasteiger partial charge in [0.15, 0.2) is 0 Å². The van der Waals surface area contributed by atoms with Gasteiger partial charge in [-0.05, 0) is 49.9 Å².